The largest absolute Gasteiger partial charge is 0.365 e. The standard InChI is InChI=1S/C20H21F2N5/c1-24-20(25-12-15-5-2-4-14(10-15)11-23)26-16-8-9-27(13-16)19-17(21)6-3-7-18(19)22/h2-7,10,16H,8-9,12-13H2,1H3,(H2,24,25,26). The Balaban J connectivity index is 1.57. The molecule has 1 aliphatic rings. The third-order valence-corrected chi connectivity index (χ3v) is 4.52. The van der Waals surface area contributed by atoms with Gasteiger partial charge < -0.3 is 15.5 Å². The number of nitrogens with one attached hydrogen (secondary N) is 2. The molecule has 0 aliphatic carbocycles. The number of nitrogens with zero attached hydrogens (tertiary/aromatic N) is 3. The van der Waals surface area contributed by atoms with Gasteiger partial charge >= 0.3 is 0 Å². The van der Waals surface area contributed by atoms with E-state index in [1.807, 2.05) is 18.2 Å². The fourth-order valence-electron chi connectivity index (χ4n) is 3.20. The Hall–Kier alpha value is -3.14. The summed E-state index contributed by atoms with van der Waals surface area (Å²) in [7, 11) is 1.67. The predicted octanol–water partition coefficient (Wildman–Crippen LogP) is 2.78. The zero-order chi connectivity index (χ0) is 19.2. The van der Waals surface area contributed by atoms with E-state index in [1.165, 1.54) is 18.2 Å². The van der Waals surface area contributed by atoms with Crippen molar-refractivity contribution in [2.45, 2.75) is 19.0 Å². The molecule has 2 aromatic carbocycles. The first-order valence-electron chi connectivity index (χ1n) is 8.76. The van der Waals surface area contributed by atoms with Crippen LogP contribution in [0.15, 0.2) is 47.5 Å². The molecule has 1 saturated heterocycles. The maximum absolute atomic E-state index is 14.0. The number of para-hydroxylation sites is 1. The van der Waals surface area contributed by atoms with Crippen LogP contribution in [0.4, 0.5) is 14.5 Å². The Kier molecular flexibility index (Phi) is 5.87. The Morgan fingerprint density at radius 1 is 1.26 bits per heavy atom. The molecule has 0 radical (unpaired) electrons. The monoisotopic (exact) mass is 369 g/mol. The van der Waals surface area contributed by atoms with Crippen LogP contribution in [0.2, 0.25) is 0 Å². The molecule has 3 rings (SSSR count). The van der Waals surface area contributed by atoms with Crippen molar-refractivity contribution in [2.24, 2.45) is 4.99 Å². The van der Waals surface area contributed by atoms with E-state index >= 15 is 0 Å². The quantitative estimate of drug-likeness (QED) is 0.643. The fraction of sp³-hybridized carbons (Fsp3) is 0.300. The van der Waals surface area contributed by atoms with E-state index in [-0.39, 0.29) is 11.7 Å². The van der Waals surface area contributed by atoms with E-state index in [0.717, 1.165) is 12.0 Å². The molecule has 0 saturated carbocycles. The van der Waals surface area contributed by atoms with Gasteiger partial charge in [-0.3, -0.25) is 4.99 Å². The molecular formula is C20H21F2N5. The van der Waals surface area contributed by atoms with Gasteiger partial charge in [0.1, 0.15) is 17.3 Å². The van der Waals surface area contributed by atoms with Crippen LogP contribution < -0.4 is 15.5 Å². The second-order valence-corrected chi connectivity index (χ2v) is 6.38. The fourth-order valence-corrected chi connectivity index (χ4v) is 3.20. The smallest absolute Gasteiger partial charge is 0.191 e. The zero-order valence-corrected chi connectivity index (χ0v) is 15.0. The van der Waals surface area contributed by atoms with Crippen molar-refractivity contribution >= 4 is 11.6 Å². The molecule has 2 aromatic rings. The highest BCUT2D eigenvalue weighted by Crippen LogP contribution is 2.26. The average molecular weight is 369 g/mol. The van der Waals surface area contributed by atoms with E-state index in [9.17, 15) is 8.78 Å². The summed E-state index contributed by atoms with van der Waals surface area (Å²) in [6, 6.07) is 13.4. The van der Waals surface area contributed by atoms with E-state index in [4.69, 9.17) is 5.26 Å². The minimum Gasteiger partial charge on any atom is -0.365 e. The first-order valence-corrected chi connectivity index (χ1v) is 8.76. The SMILES string of the molecule is CN=C(NCc1cccc(C#N)c1)NC1CCN(c2c(F)cccc2F)C1. The van der Waals surface area contributed by atoms with Crippen LogP contribution in [0.3, 0.4) is 0 Å². The molecule has 1 aliphatic heterocycles. The van der Waals surface area contributed by atoms with Gasteiger partial charge in [0.2, 0.25) is 0 Å². The van der Waals surface area contributed by atoms with Crippen LogP contribution in [-0.2, 0) is 6.54 Å². The van der Waals surface area contributed by atoms with Crippen molar-refractivity contribution in [3.63, 3.8) is 0 Å². The van der Waals surface area contributed by atoms with Gasteiger partial charge in [-0.05, 0) is 36.2 Å². The number of guanidine groups is 1. The van der Waals surface area contributed by atoms with Crippen LogP contribution in [0.5, 0.6) is 0 Å². The summed E-state index contributed by atoms with van der Waals surface area (Å²) in [6.45, 7) is 1.58. The van der Waals surface area contributed by atoms with E-state index < -0.39 is 11.6 Å². The lowest BCUT2D eigenvalue weighted by molar-refractivity contribution is 0.576. The van der Waals surface area contributed by atoms with E-state index in [2.05, 4.69) is 21.7 Å². The number of rotatable bonds is 4. The minimum atomic E-state index is -0.546. The third kappa shape index (κ3) is 4.53. The number of benzene rings is 2. The van der Waals surface area contributed by atoms with Gasteiger partial charge in [0, 0.05) is 32.7 Å². The Morgan fingerprint density at radius 3 is 2.70 bits per heavy atom. The van der Waals surface area contributed by atoms with Crippen LogP contribution >= 0.6 is 0 Å². The lowest BCUT2D eigenvalue weighted by Crippen LogP contribution is -2.44. The molecule has 1 atom stereocenters. The highest BCUT2D eigenvalue weighted by molar-refractivity contribution is 5.80. The molecule has 140 valence electrons. The van der Waals surface area contributed by atoms with Gasteiger partial charge in [-0.25, -0.2) is 8.78 Å². The van der Waals surface area contributed by atoms with Gasteiger partial charge in [0.05, 0.1) is 11.6 Å². The average Bonchev–Trinajstić information content (AvgIpc) is 3.13. The molecule has 5 nitrogen and oxygen atoms in total. The first kappa shape index (κ1) is 18.6. The number of halogens is 2. The molecule has 2 N–H and O–H groups in total. The van der Waals surface area contributed by atoms with Crippen molar-refractivity contribution in [3.8, 4) is 6.07 Å². The topological polar surface area (TPSA) is 63.5 Å². The lowest BCUT2D eigenvalue weighted by atomic mass is 10.1. The highest BCUT2D eigenvalue weighted by Gasteiger charge is 2.27. The Labute approximate surface area is 157 Å². The summed E-state index contributed by atoms with van der Waals surface area (Å²) in [5.74, 6) is -0.482. The van der Waals surface area contributed by atoms with Crippen LogP contribution in [-0.4, -0.2) is 32.1 Å². The van der Waals surface area contributed by atoms with E-state index in [1.54, 1.807) is 18.0 Å². The van der Waals surface area contributed by atoms with Gasteiger partial charge in [0.15, 0.2) is 5.96 Å². The highest BCUT2D eigenvalue weighted by atomic mass is 19.1. The van der Waals surface area contributed by atoms with Crippen LogP contribution in [0.25, 0.3) is 0 Å². The number of aliphatic imine (C=N–C) groups is 1. The van der Waals surface area contributed by atoms with Crippen LogP contribution in [0, 0.1) is 23.0 Å². The second-order valence-electron chi connectivity index (χ2n) is 6.38. The maximum Gasteiger partial charge on any atom is 0.191 e. The zero-order valence-electron chi connectivity index (χ0n) is 15.0. The molecule has 0 spiro atoms. The van der Waals surface area contributed by atoms with Gasteiger partial charge in [-0.1, -0.05) is 18.2 Å². The molecule has 0 bridgehead atoms. The molecule has 0 amide bonds. The molecule has 1 heterocycles. The summed E-state index contributed by atoms with van der Waals surface area (Å²) in [4.78, 5) is 5.92. The summed E-state index contributed by atoms with van der Waals surface area (Å²) in [5.41, 5.74) is 1.60. The van der Waals surface area contributed by atoms with Gasteiger partial charge in [-0.15, -0.1) is 0 Å². The molecule has 1 unspecified atom stereocenters. The number of hydrogen-bond acceptors (Lipinski definition) is 3. The second kappa shape index (κ2) is 8.49. The van der Waals surface area contributed by atoms with Gasteiger partial charge in [-0.2, -0.15) is 5.26 Å². The van der Waals surface area contributed by atoms with E-state index in [0.29, 0.717) is 31.2 Å². The summed E-state index contributed by atoms with van der Waals surface area (Å²) < 4.78 is 27.9. The van der Waals surface area contributed by atoms with Crippen molar-refractivity contribution < 1.29 is 8.78 Å². The first-order chi connectivity index (χ1) is 13.1. The summed E-state index contributed by atoms with van der Waals surface area (Å²) >= 11 is 0. The molecule has 0 aromatic heterocycles. The van der Waals surface area contributed by atoms with Crippen molar-refractivity contribution in [3.05, 3.63) is 65.2 Å². The molecule has 7 heteroatoms. The number of anilines is 1. The predicted molar refractivity (Wildman–Crippen MR) is 101 cm³/mol. The maximum atomic E-state index is 14.0. The molecule has 1 fully saturated rings. The Bertz CT molecular complexity index is 855. The lowest BCUT2D eigenvalue weighted by Gasteiger charge is -2.21. The van der Waals surface area contributed by atoms with Gasteiger partial charge in [0.25, 0.3) is 0 Å². The van der Waals surface area contributed by atoms with Crippen molar-refractivity contribution in [1.29, 1.82) is 5.26 Å². The number of hydrogen-bond donors (Lipinski definition) is 2. The van der Waals surface area contributed by atoms with Crippen LogP contribution in [0.1, 0.15) is 17.5 Å². The van der Waals surface area contributed by atoms with Crippen molar-refractivity contribution in [1.82, 2.24) is 10.6 Å². The molecule has 27 heavy (non-hydrogen) atoms. The normalized spacial score (nSPS) is 16.9. The third-order valence-electron chi connectivity index (χ3n) is 4.52. The summed E-state index contributed by atoms with van der Waals surface area (Å²) in [6.07, 6.45) is 0.748. The van der Waals surface area contributed by atoms with Crippen molar-refractivity contribution in [2.75, 3.05) is 25.0 Å². The minimum absolute atomic E-state index is 0.0260. The number of nitriles is 1. The molecular weight excluding hydrogens is 348 g/mol. The summed E-state index contributed by atoms with van der Waals surface area (Å²) in [5, 5.41) is 15.5. The Morgan fingerprint density at radius 2 is 2.00 bits per heavy atom.